The van der Waals surface area contributed by atoms with Crippen molar-refractivity contribution in [3.05, 3.63) is 42.2 Å². The van der Waals surface area contributed by atoms with Crippen LogP contribution in [0.4, 0.5) is 10.2 Å². The molecule has 0 amide bonds. The number of nitrogens with zero attached hydrogens (tertiary/aromatic N) is 3. The second-order valence-electron chi connectivity index (χ2n) is 5.92. The van der Waals surface area contributed by atoms with E-state index < -0.39 is 5.60 Å². The minimum Gasteiger partial charge on any atom is -0.388 e. The summed E-state index contributed by atoms with van der Waals surface area (Å²) in [5.74, 6) is 0.679. The number of aliphatic hydroxyl groups is 1. The van der Waals surface area contributed by atoms with E-state index in [9.17, 15) is 9.50 Å². The van der Waals surface area contributed by atoms with Crippen LogP contribution in [0.1, 0.15) is 13.8 Å². The van der Waals surface area contributed by atoms with Crippen LogP contribution >= 0.6 is 0 Å². The van der Waals surface area contributed by atoms with Crippen LogP contribution in [0.3, 0.4) is 0 Å². The van der Waals surface area contributed by atoms with E-state index in [0.29, 0.717) is 12.2 Å². The molecule has 0 unspecified atom stereocenters. The maximum atomic E-state index is 12.9. The topological polar surface area (TPSA) is 49.2 Å². The molecule has 1 aromatic heterocycles. The van der Waals surface area contributed by atoms with Crippen LogP contribution in [-0.4, -0.2) is 34.0 Å². The number of hydrogen-bond acceptors (Lipinski definition) is 4. The zero-order chi connectivity index (χ0) is 15.0. The van der Waals surface area contributed by atoms with Gasteiger partial charge in [0, 0.05) is 24.6 Å². The van der Waals surface area contributed by atoms with E-state index in [1.807, 2.05) is 30.9 Å². The number of halogens is 1. The molecule has 1 aliphatic heterocycles. The lowest BCUT2D eigenvalue weighted by Crippen LogP contribution is -2.33. The summed E-state index contributed by atoms with van der Waals surface area (Å²) < 4.78 is 12.9. The molecule has 110 valence electrons. The van der Waals surface area contributed by atoms with Crippen LogP contribution in [0.25, 0.3) is 11.3 Å². The van der Waals surface area contributed by atoms with Gasteiger partial charge in [0.15, 0.2) is 5.82 Å². The lowest BCUT2D eigenvalue weighted by atomic mass is 9.95. The van der Waals surface area contributed by atoms with E-state index in [1.54, 1.807) is 12.1 Å². The first-order valence-electron chi connectivity index (χ1n) is 7.03. The van der Waals surface area contributed by atoms with Gasteiger partial charge in [-0.15, -0.1) is 10.2 Å². The Balaban J connectivity index is 1.80. The van der Waals surface area contributed by atoms with Gasteiger partial charge in [0.1, 0.15) is 5.82 Å². The molecular formula is C16H18FN3O. The highest BCUT2D eigenvalue weighted by atomic mass is 19.1. The van der Waals surface area contributed by atoms with Crippen molar-refractivity contribution in [3.8, 4) is 11.3 Å². The van der Waals surface area contributed by atoms with Crippen molar-refractivity contribution in [1.82, 2.24) is 10.2 Å². The highest BCUT2D eigenvalue weighted by molar-refractivity contribution is 5.59. The Morgan fingerprint density at radius 2 is 1.90 bits per heavy atom. The quantitative estimate of drug-likeness (QED) is 0.922. The summed E-state index contributed by atoms with van der Waals surface area (Å²) in [6, 6.07) is 9.94. The third-order valence-corrected chi connectivity index (χ3v) is 4.18. The number of anilines is 1. The van der Waals surface area contributed by atoms with Crippen LogP contribution < -0.4 is 4.90 Å². The third kappa shape index (κ3) is 2.74. The summed E-state index contributed by atoms with van der Waals surface area (Å²) in [4.78, 5) is 2.03. The molecule has 0 bridgehead atoms. The first-order chi connectivity index (χ1) is 9.95. The summed E-state index contributed by atoms with van der Waals surface area (Å²) >= 11 is 0. The second-order valence-corrected chi connectivity index (χ2v) is 5.92. The molecule has 1 saturated heterocycles. The molecule has 2 heterocycles. The van der Waals surface area contributed by atoms with Gasteiger partial charge in [0.2, 0.25) is 0 Å². The van der Waals surface area contributed by atoms with Crippen LogP contribution in [0.15, 0.2) is 36.4 Å². The fourth-order valence-corrected chi connectivity index (χ4v) is 2.58. The van der Waals surface area contributed by atoms with Crippen LogP contribution in [0, 0.1) is 11.7 Å². The van der Waals surface area contributed by atoms with Crippen LogP contribution in [-0.2, 0) is 0 Å². The number of aromatic nitrogens is 2. The van der Waals surface area contributed by atoms with Crippen LogP contribution in [0.5, 0.6) is 0 Å². The van der Waals surface area contributed by atoms with E-state index in [2.05, 4.69) is 10.2 Å². The first-order valence-corrected chi connectivity index (χ1v) is 7.03. The predicted molar refractivity (Wildman–Crippen MR) is 79.4 cm³/mol. The van der Waals surface area contributed by atoms with Crippen molar-refractivity contribution in [1.29, 1.82) is 0 Å². The van der Waals surface area contributed by atoms with Crippen molar-refractivity contribution >= 4 is 5.82 Å². The minimum absolute atomic E-state index is 0.191. The van der Waals surface area contributed by atoms with E-state index in [4.69, 9.17) is 0 Å². The Labute approximate surface area is 123 Å². The van der Waals surface area contributed by atoms with E-state index >= 15 is 0 Å². The molecule has 21 heavy (non-hydrogen) atoms. The molecule has 1 aromatic carbocycles. The number of β-amino-alcohol motifs (C(OH)–C–C–N with tert-alkyl or cyclic N) is 1. The summed E-state index contributed by atoms with van der Waals surface area (Å²) in [6.45, 7) is 5.19. The number of rotatable bonds is 2. The smallest absolute Gasteiger partial charge is 0.151 e. The minimum atomic E-state index is -0.697. The van der Waals surface area contributed by atoms with Gasteiger partial charge in [-0.3, -0.25) is 0 Å². The van der Waals surface area contributed by atoms with Gasteiger partial charge < -0.3 is 10.0 Å². The van der Waals surface area contributed by atoms with Crippen molar-refractivity contribution in [2.24, 2.45) is 5.92 Å². The van der Waals surface area contributed by atoms with Gasteiger partial charge >= 0.3 is 0 Å². The van der Waals surface area contributed by atoms with Gasteiger partial charge in [0.05, 0.1) is 11.3 Å². The molecule has 3 rings (SSSR count). The molecule has 2 atom stereocenters. The number of hydrogen-bond donors (Lipinski definition) is 1. The van der Waals surface area contributed by atoms with Gasteiger partial charge in [-0.2, -0.15) is 0 Å². The Morgan fingerprint density at radius 1 is 1.19 bits per heavy atom. The molecule has 0 spiro atoms. The fraction of sp³-hybridized carbons (Fsp3) is 0.375. The molecule has 4 nitrogen and oxygen atoms in total. The Hall–Kier alpha value is -2.01. The van der Waals surface area contributed by atoms with Gasteiger partial charge in [-0.25, -0.2) is 4.39 Å². The zero-order valence-corrected chi connectivity index (χ0v) is 12.1. The maximum absolute atomic E-state index is 12.9. The van der Waals surface area contributed by atoms with Gasteiger partial charge in [-0.05, 0) is 43.3 Å². The van der Waals surface area contributed by atoms with Crippen molar-refractivity contribution in [3.63, 3.8) is 0 Å². The summed E-state index contributed by atoms with van der Waals surface area (Å²) in [7, 11) is 0. The molecule has 0 saturated carbocycles. The Kier molecular flexibility index (Phi) is 3.37. The van der Waals surface area contributed by atoms with E-state index in [1.165, 1.54) is 12.1 Å². The summed E-state index contributed by atoms with van der Waals surface area (Å²) in [5, 5.41) is 18.7. The lowest BCUT2D eigenvalue weighted by molar-refractivity contribution is 0.0443. The fourth-order valence-electron chi connectivity index (χ4n) is 2.58. The monoisotopic (exact) mass is 287 g/mol. The molecule has 2 aromatic rings. The average Bonchev–Trinajstić information content (AvgIpc) is 2.74. The third-order valence-electron chi connectivity index (χ3n) is 4.18. The van der Waals surface area contributed by atoms with Gasteiger partial charge in [-0.1, -0.05) is 6.92 Å². The highest BCUT2D eigenvalue weighted by Gasteiger charge is 2.39. The molecule has 1 N–H and O–H groups in total. The van der Waals surface area contributed by atoms with Gasteiger partial charge in [0.25, 0.3) is 0 Å². The molecule has 1 aliphatic rings. The molecule has 1 fully saturated rings. The molecular weight excluding hydrogens is 269 g/mol. The second kappa shape index (κ2) is 5.07. The van der Waals surface area contributed by atoms with E-state index in [-0.39, 0.29) is 11.7 Å². The molecule has 0 aliphatic carbocycles. The normalized spacial score (nSPS) is 25.3. The summed E-state index contributed by atoms with van der Waals surface area (Å²) in [5.41, 5.74) is 0.840. The average molecular weight is 287 g/mol. The van der Waals surface area contributed by atoms with Crippen molar-refractivity contribution in [2.75, 3.05) is 18.0 Å². The largest absolute Gasteiger partial charge is 0.388 e. The van der Waals surface area contributed by atoms with Crippen molar-refractivity contribution < 1.29 is 9.50 Å². The van der Waals surface area contributed by atoms with Crippen LogP contribution in [0.2, 0.25) is 0 Å². The Morgan fingerprint density at radius 3 is 2.43 bits per heavy atom. The number of benzene rings is 1. The maximum Gasteiger partial charge on any atom is 0.151 e. The SMILES string of the molecule is C[C@@H]1CN(c2ccc(-c3ccc(F)cc3)nn2)C[C@]1(C)O. The van der Waals surface area contributed by atoms with E-state index in [0.717, 1.165) is 17.9 Å². The van der Waals surface area contributed by atoms with Crippen molar-refractivity contribution in [2.45, 2.75) is 19.4 Å². The molecule has 5 heteroatoms. The zero-order valence-electron chi connectivity index (χ0n) is 12.1. The molecule has 0 radical (unpaired) electrons. The standard InChI is InChI=1S/C16H18FN3O/c1-11-9-20(10-16(11,2)21)15-8-7-14(18-19-15)12-3-5-13(17)6-4-12/h3-8,11,21H,9-10H2,1-2H3/t11-,16+/m1/s1. The first kappa shape index (κ1) is 13.9. The summed E-state index contributed by atoms with van der Waals surface area (Å²) in [6.07, 6.45) is 0. The highest BCUT2D eigenvalue weighted by Crippen LogP contribution is 2.30. The predicted octanol–water partition coefficient (Wildman–Crippen LogP) is 2.49. The lowest BCUT2D eigenvalue weighted by Gasteiger charge is -2.20. The Bertz CT molecular complexity index is 625.